The van der Waals surface area contributed by atoms with Crippen LogP contribution in [-0.4, -0.2) is 25.5 Å². The fourth-order valence-corrected chi connectivity index (χ4v) is 2.00. The van der Waals surface area contributed by atoms with Crippen LogP contribution in [0.2, 0.25) is 5.02 Å². The highest BCUT2D eigenvalue weighted by Crippen LogP contribution is 2.21. The molecule has 2 rings (SSSR count). The molecule has 0 aliphatic heterocycles. The highest BCUT2D eigenvalue weighted by molar-refractivity contribution is 6.33. The van der Waals surface area contributed by atoms with Crippen molar-refractivity contribution in [1.29, 1.82) is 0 Å². The molecule has 116 valence electrons. The number of methoxy groups -OCH3 is 1. The first kappa shape index (κ1) is 15.9. The number of nitrogens with one attached hydrogen (secondary N) is 2. The predicted octanol–water partition coefficient (Wildman–Crippen LogP) is 2.45. The van der Waals surface area contributed by atoms with Gasteiger partial charge in [-0.3, -0.25) is 4.79 Å². The van der Waals surface area contributed by atoms with Gasteiger partial charge >= 0.3 is 5.97 Å². The van der Waals surface area contributed by atoms with Crippen LogP contribution in [0.3, 0.4) is 0 Å². The van der Waals surface area contributed by atoms with Gasteiger partial charge < -0.3 is 19.8 Å². The number of ether oxygens (including phenoxy) is 1. The molecular weight excluding hydrogens is 308 g/mol. The minimum absolute atomic E-state index is 0.0780. The largest absolute Gasteiger partial charge is 0.467 e. The van der Waals surface area contributed by atoms with E-state index in [9.17, 15) is 9.59 Å². The number of rotatable bonds is 6. The molecule has 1 aromatic heterocycles. The van der Waals surface area contributed by atoms with Crippen LogP contribution in [0.15, 0.2) is 41.0 Å². The van der Waals surface area contributed by atoms with Crippen molar-refractivity contribution in [3.8, 4) is 0 Å². The molecule has 1 aromatic carbocycles. The summed E-state index contributed by atoms with van der Waals surface area (Å²) < 4.78 is 9.72. The van der Waals surface area contributed by atoms with Crippen LogP contribution >= 0.6 is 11.6 Å². The van der Waals surface area contributed by atoms with Crippen LogP contribution in [0.5, 0.6) is 0 Å². The summed E-state index contributed by atoms with van der Waals surface area (Å²) in [6, 6.07) is 8.28. The zero-order chi connectivity index (χ0) is 15.9. The fraction of sp³-hybridized carbons (Fsp3) is 0.200. The third kappa shape index (κ3) is 4.26. The second kappa shape index (κ2) is 7.51. The number of carbonyl (C=O) groups excluding carboxylic acids is 2. The maximum Gasteiger partial charge on any atom is 0.339 e. The number of hydrogen-bond acceptors (Lipinski definition) is 5. The summed E-state index contributed by atoms with van der Waals surface area (Å²) >= 11 is 5.99. The van der Waals surface area contributed by atoms with Gasteiger partial charge in [-0.15, -0.1) is 0 Å². The number of furan rings is 1. The lowest BCUT2D eigenvalue weighted by atomic mass is 10.2. The van der Waals surface area contributed by atoms with Gasteiger partial charge in [0.25, 0.3) is 0 Å². The number of amides is 1. The highest BCUT2D eigenvalue weighted by Gasteiger charge is 2.11. The topological polar surface area (TPSA) is 80.6 Å². The second-order valence-electron chi connectivity index (χ2n) is 4.40. The summed E-state index contributed by atoms with van der Waals surface area (Å²) in [5, 5.41) is 5.88. The Morgan fingerprint density at radius 1 is 1.32 bits per heavy atom. The lowest BCUT2D eigenvalue weighted by Crippen LogP contribution is -2.29. The molecule has 0 unspecified atom stereocenters. The zero-order valence-electron chi connectivity index (χ0n) is 11.9. The van der Waals surface area contributed by atoms with E-state index in [1.54, 1.807) is 30.5 Å². The Morgan fingerprint density at radius 3 is 2.77 bits per heavy atom. The Bertz CT molecular complexity index is 656. The minimum Gasteiger partial charge on any atom is -0.467 e. The predicted molar refractivity (Wildman–Crippen MR) is 81.8 cm³/mol. The van der Waals surface area contributed by atoms with Gasteiger partial charge in [0.1, 0.15) is 5.76 Å². The van der Waals surface area contributed by atoms with E-state index in [2.05, 4.69) is 15.4 Å². The highest BCUT2D eigenvalue weighted by atomic mass is 35.5. The number of esters is 1. The molecule has 7 heteroatoms. The maximum absolute atomic E-state index is 11.7. The number of benzene rings is 1. The SMILES string of the molecule is COC(=O)c1ccc(NCC(=O)NCc2ccco2)cc1Cl. The van der Waals surface area contributed by atoms with Crippen molar-refractivity contribution in [2.24, 2.45) is 0 Å². The van der Waals surface area contributed by atoms with Gasteiger partial charge in [0.15, 0.2) is 0 Å². The third-order valence-corrected chi connectivity index (χ3v) is 3.18. The van der Waals surface area contributed by atoms with Crippen molar-refractivity contribution in [3.05, 3.63) is 52.9 Å². The standard InChI is InChI=1S/C15H15ClN2O4/c1-21-15(20)12-5-4-10(7-13(12)16)17-9-14(19)18-8-11-3-2-6-22-11/h2-7,17H,8-9H2,1H3,(H,18,19). The monoisotopic (exact) mass is 322 g/mol. The van der Waals surface area contributed by atoms with E-state index in [0.717, 1.165) is 0 Å². The van der Waals surface area contributed by atoms with E-state index in [1.807, 2.05) is 0 Å². The lowest BCUT2D eigenvalue weighted by molar-refractivity contribution is -0.119. The number of anilines is 1. The first-order valence-corrected chi connectivity index (χ1v) is 6.88. The molecule has 22 heavy (non-hydrogen) atoms. The van der Waals surface area contributed by atoms with Crippen LogP contribution in [0.1, 0.15) is 16.1 Å². The van der Waals surface area contributed by atoms with Gasteiger partial charge in [-0.25, -0.2) is 4.79 Å². The van der Waals surface area contributed by atoms with E-state index in [1.165, 1.54) is 13.2 Å². The van der Waals surface area contributed by atoms with Gasteiger partial charge in [-0.05, 0) is 30.3 Å². The molecule has 1 amide bonds. The molecule has 0 saturated heterocycles. The van der Waals surface area contributed by atoms with E-state index in [-0.39, 0.29) is 23.0 Å². The van der Waals surface area contributed by atoms with E-state index in [0.29, 0.717) is 18.0 Å². The Labute approximate surface area is 132 Å². The van der Waals surface area contributed by atoms with Crippen molar-refractivity contribution in [2.45, 2.75) is 6.54 Å². The first-order chi connectivity index (χ1) is 10.6. The first-order valence-electron chi connectivity index (χ1n) is 6.51. The molecule has 2 N–H and O–H groups in total. The van der Waals surface area contributed by atoms with Crippen molar-refractivity contribution in [1.82, 2.24) is 5.32 Å². The summed E-state index contributed by atoms with van der Waals surface area (Å²) in [7, 11) is 1.29. The van der Waals surface area contributed by atoms with Crippen molar-refractivity contribution >= 4 is 29.2 Å². The van der Waals surface area contributed by atoms with Crippen molar-refractivity contribution in [3.63, 3.8) is 0 Å². The zero-order valence-corrected chi connectivity index (χ0v) is 12.6. The number of hydrogen-bond donors (Lipinski definition) is 2. The Hall–Kier alpha value is -2.47. The molecule has 6 nitrogen and oxygen atoms in total. The molecule has 0 spiro atoms. The Balaban J connectivity index is 1.84. The molecule has 0 fully saturated rings. The van der Waals surface area contributed by atoms with Crippen LogP contribution in [0, 0.1) is 0 Å². The third-order valence-electron chi connectivity index (χ3n) is 2.87. The second-order valence-corrected chi connectivity index (χ2v) is 4.80. The van der Waals surface area contributed by atoms with Crippen LogP contribution in [0.4, 0.5) is 5.69 Å². The number of halogens is 1. The maximum atomic E-state index is 11.7. The lowest BCUT2D eigenvalue weighted by Gasteiger charge is -2.09. The molecule has 0 atom stereocenters. The van der Waals surface area contributed by atoms with E-state index >= 15 is 0 Å². The summed E-state index contributed by atoms with van der Waals surface area (Å²) in [6.07, 6.45) is 1.55. The molecule has 0 aliphatic rings. The molecule has 2 aromatic rings. The summed E-state index contributed by atoms with van der Waals surface area (Å²) in [6.45, 7) is 0.407. The Morgan fingerprint density at radius 2 is 2.14 bits per heavy atom. The van der Waals surface area contributed by atoms with Gasteiger partial charge in [-0.2, -0.15) is 0 Å². The average Bonchev–Trinajstić information content (AvgIpc) is 3.03. The smallest absolute Gasteiger partial charge is 0.339 e. The van der Waals surface area contributed by atoms with Crippen molar-refractivity contribution in [2.75, 3.05) is 19.0 Å². The number of carbonyl (C=O) groups is 2. The molecule has 0 radical (unpaired) electrons. The van der Waals surface area contributed by atoms with Gasteiger partial charge in [0.05, 0.1) is 37.0 Å². The molecule has 0 saturated carbocycles. The molecule has 0 bridgehead atoms. The van der Waals surface area contributed by atoms with E-state index < -0.39 is 5.97 Å². The molecular formula is C15H15ClN2O4. The van der Waals surface area contributed by atoms with Crippen molar-refractivity contribution < 1.29 is 18.7 Å². The summed E-state index contributed by atoms with van der Waals surface area (Å²) in [4.78, 5) is 23.1. The summed E-state index contributed by atoms with van der Waals surface area (Å²) in [5.74, 6) is -0.0175. The summed E-state index contributed by atoms with van der Waals surface area (Å²) in [5.41, 5.74) is 0.905. The van der Waals surface area contributed by atoms with Gasteiger partial charge in [-0.1, -0.05) is 11.6 Å². The Kier molecular flexibility index (Phi) is 5.43. The van der Waals surface area contributed by atoms with Gasteiger partial charge in [0, 0.05) is 5.69 Å². The fourth-order valence-electron chi connectivity index (χ4n) is 1.74. The normalized spacial score (nSPS) is 10.1. The van der Waals surface area contributed by atoms with Crippen LogP contribution in [-0.2, 0) is 16.1 Å². The molecule has 0 aliphatic carbocycles. The van der Waals surface area contributed by atoms with Crippen LogP contribution < -0.4 is 10.6 Å². The van der Waals surface area contributed by atoms with Crippen LogP contribution in [0.25, 0.3) is 0 Å². The van der Waals surface area contributed by atoms with E-state index in [4.69, 9.17) is 16.0 Å². The molecule has 1 heterocycles. The average molecular weight is 323 g/mol. The minimum atomic E-state index is -0.507. The van der Waals surface area contributed by atoms with Gasteiger partial charge in [0.2, 0.25) is 5.91 Å². The quantitative estimate of drug-likeness (QED) is 0.798.